The van der Waals surface area contributed by atoms with Crippen molar-refractivity contribution in [1.29, 1.82) is 0 Å². The summed E-state index contributed by atoms with van der Waals surface area (Å²) < 4.78 is 16.6. The molecule has 1 atom stereocenters. The van der Waals surface area contributed by atoms with E-state index in [-0.39, 0.29) is 17.6 Å². The minimum Gasteiger partial charge on any atom is -0.449 e. The number of nitrogens with one attached hydrogen (secondary N) is 2. The Morgan fingerprint density at radius 3 is 2.56 bits per heavy atom. The fourth-order valence-electron chi connectivity index (χ4n) is 4.16. The van der Waals surface area contributed by atoms with Gasteiger partial charge in [-0.1, -0.05) is 18.2 Å². The second-order valence-electron chi connectivity index (χ2n) is 8.23. The van der Waals surface area contributed by atoms with Crippen molar-refractivity contribution in [3.8, 4) is 0 Å². The third-order valence-corrected chi connectivity index (χ3v) is 5.94. The molecule has 2 aliphatic rings. The lowest BCUT2D eigenvalue weighted by molar-refractivity contribution is -0.124. The quantitative estimate of drug-likeness (QED) is 0.601. The average molecular weight is 463 g/mol. The summed E-state index contributed by atoms with van der Waals surface area (Å²) in [6.07, 6.45) is 1.06. The molecular formula is C25H25N3O6. The normalized spacial score (nSPS) is 18.1. The van der Waals surface area contributed by atoms with Gasteiger partial charge in [-0.15, -0.1) is 0 Å². The summed E-state index contributed by atoms with van der Waals surface area (Å²) in [4.78, 5) is 40.4. The van der Waals surface area contributed by atoms with Crippen molar-refractivity contribution in [3.63, 3.8) is 0 Å². The van der Waals surface area contributed by atoms with Crippen LogP contribution in [-0.2, 0) is 14.3 Å². The van der Waals surface area contributed by atoms with Gasteiger partial charge in [-0.05, 0) is 43.2 Å². The minimum absolute atomic E-state index is 0.0827. The van der Waals surface area contributed by atoms with Crippen LogP contribution in [0.2, 0.25) is 0 Å². The molecule has 2 aliphatic heterocycles. The van der Waals surface area contributed by atoms with Crippen LogP contribution in [0.5, 0.6) is 0 Å². The van der Waals surface area contributed by atoms with Gasteiger partial charge in [0, 0.05) is 36.3 Å². The van der Waals surface area contributed by atoms with Crippen LogP contribution in [0, 0.1) is 0 Å². The van der Waals surface area contributed by atoms with Crippen LogP contribution in [0.1, 0.15) is 33.8 Å². The fourth-order valence-corrected chi connectivity index (χ4v) is 4.16. The van der Waals surface area contributed by atoms with Crippen LogP contribution >= 0.6 is 0 Å². The second kappa shape index (κ2) is 9.66. The molecule has 0 bridgehead atoms. The number of fused-ring (bicyclic) bond motifs is 1. The molecule has 9 heteroatoms. The molecular weight excluding hydrogens is 438 g/mol. The molecule has 1 unspecified atom stereocenters. The highest BCUT2D eigenvalue weighted by atomic mass is 16.5. The monoisotopic (exact) mass is 463 g/mol. The lowest BCUT2D eigenvalue weighted by atomic mass is 10.1. The van der Waals surface area contributed by atoms with Crippen LogP contribution in [0.15, 0.2) is 52.9 Å². The molecule has 5 rings (SSSR count). The number of carbonyl (C=O) groups excluding carboxylic acids is 3. The number of hydrogen-bond acceptors (Lipinski definition) is 6. The van der Waals surface area contributed by atoms with E-state index in [1.54, 1.807) is 47.4 Å². The highest BCUT2D eigenvalue weighted by molar-refractivity contribution is 6.14. The maximum absolute atomic E-state index is 13.2. The number of carbonyl (C=O) groups is 3. The molecule has 9 nitrogen and oxygen atoms in total. The number of furan rings is 1. The van der Waals surface area contributed by atoms with Gasteiger partial charge in [0.1, 0.15) is 17.4 Å². The first-order valence-corrected chi connectivity index (χ1v) is 11.3. The molecule has 0 radical (unpaired) electrons. The number of benzene rings is 2. The summed E-state index contributed by atoms with van der Waals surface area (Å²) in [7, 11) is 0. The minimum atomic E-state index is -0.469. The Hall–Kier alpha value is -3.69. The summed E-state index contributed by atoms with van der Waals surface area (Å²) in [5.41, 5.74) is 1.66. The number of ether oxygens (including phenoxy) is 2. The Kier molecular flexibility index (Phi) is 6.29. The van der Waals surface area contributed by atoms with E-state index >= 15 is 0 Å². The van der Waals surface area contributed by atoms with E-state index in [4.69, 9.17) is 13.9 Å². The topological polar surface area (TPSA) is 110 Å². The predicted molar refractivity (Wildman–Crippen MR) is 125 cm³/mol. The van der Waals surface area contributed by atoms with Gasteiger partial charge in [-0.3, -0.25) is 14.4 Å². The summed E-state index contributed by atoms with van der Waals surface area (Å²) in [6.45, 7) is 2.40. The first-order valence-electron chi connectivity index (χ1n) is 11.3. The molecule has 2 N–H and O–H groups in total. The van der Waals surface area contributed by atoms with E-state index in [0.29, 0.717) is 67.2 Å². The highest BCUT2D eigenvalue weighted by Crippen LogP contribution is 2.32. The van der Waals surface area contributed by atoms with Gasteiger partial charge >= 0.3 is 0 Å². The van der Waals surface area contributed by atoms with Crippen LogP contribution in [0.25, 0.3) is 11.0 Å². The Morgan fingerprint density at radius 1 is 0.941 bits per heavy atom. The molecule has 2 aromatic carbocycles. The van der Waals surface area contributed by atoms with E-state index < -0.39 is 12.0 Å². The van der Waals surface area contributed by atoms with Gasteiger partial charge in [0.2, 0.25) is 5.76 Å². The first kappa shape index (κ1) is 22.1. The van der Waals surface area contributed by atoms with Crippen LogP contribution < -0.4 is 10.6 Å². The smallest absolute Gasteiger partial charge is 0.291 e. The van der Waals surface area contributed by atoms with Crippen LogP contribution in [0.4, 0.5) is 11.4 Å². The van der Waals surface area contributed by atoms with Crippen molar-refractivity contribution in [2.75, 3.05) is 43.5 Å². The van der Waals surface area contributed by atoms with Crippen LogP contribution in [0.3, 0.4) is 0 Å². The number of para-hydroxylation sites is 1. The molecule has 0 aliphatic carbocycles. The van der Waals surface area contributed by atoms with E-state index in [9.17, 15) is 14.4 Å². The first-order chi connectivity index (χ1) is 16.6. The van der Waals surface area contributed by atoms with Crippen molar-refractivity contribution in [1.82, 2.24) is 4.90 Å². The van der Waals surface area contributed by atoms with Gasteiger partial charge in [0.15, 0.2) is 0 Å². The molecule has 2 saturated heterocycles. The summed E-state index contributed by atoms with van der Waals surface area (Å²) in [5, 5.41) is 6.30. The van der Waals surface area contributed by atoms with Crippen molar-refractivity contribution < 1.29 is 28.3 Å². The molecule has 0 spiro atoms. The zero-order valence-electron chi connectivity index (χ0n) is 18.5. The number of nitrogens with zero attached hydrogens (tertiary/aromatic N) is 1. The van der Waals surface area contributed by atoms with Crippen LogP contribution in [-0.4, -0.2) is 61.6 Å². The van der Waals surface area contributed by atoms with Gasteiger partial charge in [0.25, 0.3) is 17.7 Å². The Labute approximate surface area is 196 Å². The molecule has 2 fully saturated rings. The molecule has 0 saturated carbocycles. The highest BCUT2D eigenvalue weighted by Gasteiger charge is 2.28. The van der Waals surface area contributed by atoms with Crippen molar-refractivity contribution >= 4 is 40.1 Å². The lowest BCUT2D eigenvalue weighted by Gasteiger charge is -2.26. The summed E-state index contributed by atoms with van der Waals surface area (Å²) in [5.74, 6) is -0.864. The SMILES string of the molecule is O=C(Nc1c(C(=O)N2CCOCC2)oc2ccccc12)c1cccc(NC(=O)C2CCCO2)c1. The lowest BCUT2D eigenvalue weighted by Crippen LogP contribution is -2.40. The molecule has 3 heterocycles. The molecule has 3 amide bonds. The van der Waals surface area contributed by atoms with E-state index in [1.807, 2.05) is 6.07 Å². The van der Waals surface area contributed by atoms with Crippen molar-refractivity contribution in [2.24, 2.45) is 0 Å². The zero-order chi connectivity index (χ0) is 23.5. The number of amides is 3. The Balaban J connectivity index is 1.39. The summed E-state index contributed by atoms with van der Waals surface area (Å²) >= 11 is 0. The zero-order valence-corrected chi connectivity index (χ0v) is 18.5. The van der Waals surface area contributed by atoms with Crippen molar-refractivity contribution in [3.05, 3.63) is 59.9 Å². The fraction of sp³-hybridized carbons (Fsp3) is 0.320. The maximum atomic E-state index is 13.2. The van der Waals surface area contributed by atoms with Gasteiger partial charge in [0.05, 0.1) is 13.2 Å². The molecule has 3 aromatic rings. The van der Waals surface area contributed by atoms with E-state index in [2.05, 4.69) is 10.6 Å². The Bertz CT molecular complexity index is 1220. The maximum Gasteiger partial charge on any atom is 0.291 e. The van der Waals surface area contributed by atoms with Gasteiger partial charge in [-0.25, -0.2) is 0 Å². The van der Waals surface area contributed by atoms with Crippen molar-refractivity contribution in [2.45, 2.75) is 18.9 Å². The molecule has 1 aromatic heterocycles. The third-order valence-electron chi connectivity index (χ3n) is 5.94. The number of hydrogen-bond donors (Lipinski definition) is 2. The third kappa shape index (κ3) is 4.52. The number of morpholine rings is 1. The Morgan fingerprint density at radius 2 is 1.76 bits per heavy atom. The number of anilines is 2. The van der Waals surface area contributed by atoms with E-state index in [0.717, 1.165) is 6.42 Å². The largest absolute Gasteiger partial charge is 0.449 e. The number of rotatable bonds is 5. The molecule has 34 heavy (non-hydrogen) atoms. The predicted octanol–water partition coefficient (Wildman–Crippen LogP) is 3.28. The van der Waals surface area contributed by atoms with Gasteiger partial charge in [-0.2, -0.15) is 0 Å². The standard InChI is InChI=1S/C25H25N3O6/c29-23(16-5-3-6-17(15-16)26-24(30)20-9-4-12-33-20)27-21-18-7-1-2-8-19(18)34-22(21)25(31)28-10-13-32-14-11-28/h1-3,5-8,15,20H,4,9-14H2,(H,26,30)(H,27,29). The van der Waals surface area contributed by atoms with E-state index in [1.165, 1.54) is 0 Å². The average Bonchev–Trinajstić information content (AvgIpc) is 3.53. The molecule has 176 valence electrons. The van der Waals surface area contributed by atoms with Gasteiger partial charge < -0.3 is 29.4 Å². The second-order valence-corrected chi connectivity index (χ2v) is 8.23. The summed E-state index contributed by atoms with van der Waals surface area (Å²) in [6, 6.07) is 13.8.